The molecule has 7 aromatic carbocycles. The van der Waals surface area contributed by atoms with Gasteiger partial charge in [-0.25, -0.2) is 0 Å². The van der Waals surface area contributed by atoms with Crippen molar-refractivity contribution >= 4 is 21.8 Å². The van der Waals surface area contributed by atoms with Gasteiger partial charge in [0.15, 0.2) is 0 Å². The lowest BCUT2D eigenvalue weighted by atomic mass is 9.78. The van der Waals surface area contributed by atoms with Crippen LogP contribution in [0.3, 0.4) is 0 Å². The minimum absolute atomic E-state index is 0.199. The molecule has 0 saturated carbocycles. The van der Waals surface area contributed by atoms with Gasteiger partial charge in [-0.2, -0.15) is 0 Å². The van der Waals surface area contributed by atoms with E-state index in [1.807, 2.05) is 24.3 Å². The normalized spacial score (nSPS) is 12.1. The molecule has 0 saturated heterocycles. The van der Waals surface area contributed by atoms with E-state index in [-0.39, 0.29) is 22.3 Å². The van der Waals surface area contributed by atoms with Gasteiger partial charge < -0.3 is 14.8 Å². The van der Waals surface area contributed by atoms with E-state index in [1.54, 1.807) is 24.3 Å². The minimum Gasteiger partial charge on any atom is -0.508 e. The fourth-order valence-electron chi connectivity index (χ4n) is 7.49. The van der Waals surface area contributed by atoms with Gasteiger partial charge in [0.05, 0.1) is 11.0 Å². The number of rotatable bonds is 7. The summed E-state index contributed by atoms with van der Waals surface area (Å²) in [6, 6.07) is 57.1. The molecule has 0 amide bonds. The zero-order valence-electron chi connectivity index (χ0n) is 29.4. The van der Waals surface area contributed by atoms with Gasteiger partial charge in [0.2, 0.25) is 0 Å². The summed E-state index contributed by atoms with van der Waals surface area (Å²) in [6.45, 7) is 8.89. The van der Waals surface area contributed by atoms with Crippen molar-refractivity contribution in [2.45, 2.75) is 38.5 Å². The van der Waals surface area contributed by atoms with Gasteiger partial charge in [-0.05, 0) is 105 Å². The van der Waals surface area contributed by atoms with E-state index in [0.717, 1.165) is 16.8 Å². The van der Waals surface area contributed by atoms with E-state index in [0.29, 0.717) is 0 Å². The standard InChI is InChI=1S/C48H41NO2/c1-47(2,38-20-24-41(50)25-21-38)36-16-10-32(11-17-36)34-14-28-45-43(30-34)44-31-35(15-29-46(44)49(45)40-8-6-5-7-9-40)33-12-18-37(19-13-33)48(3,4)39-22-26-42(51)27-23-39/h5-31,50-51H,1-4H3. The molecule has 0 aliphatic carbocycles. The van der Waals surface area contributed by atoms with Crippen molar-refractivity contribution in [2.24, 2.45) is 0 Å². The molecule has 0 radical (unpaired) electrons. The number of para-hydroxylation sites is 1. The van der Waals surface area contributed by atoms with Crippen LogP contribution in [-0.2, 0) is 10.8 Å². The number of aromatic nitrogens is 1. The molecule has 51 heavy (non-hydrogen) atoms. The van der Waals surface area contributed by atoms with Crippen molar-refractivity contribution in [2.75, 3.05) is 0 Å². The van der Waals surface area contributed by atoms with Crippen LogP contribution in [0.1, 0.15) is 49.9 Å². The number of aromatic hydroxyl groups is 2. The third-order valence-electron chi connectivity index (χ3n) is 10.8. The summed E-state index contributed by atoms with van der Waals surface area (Å²) in [4.78, 5) is 0. The highest BCUT2D eigenvalue weighted by atomic mass is 16.3. The summed E-state index contributed by atoms with van der Waals surface area (Å²) in [5, 5.41) is 22.0. The van der Waals surface area contributed by atoms with Crippen LogP contribution in [0.15, 0.2) is 164 Å². The van der Waals surface area contributed by atoms with Crippen molar-refractivity contribution in [3.63, 3.8) is 0 Å². The second kappa shape index (κ2) is 12.4. The molecule has 1 aromatic heterocycles. The van der Waals surface area contributed by atoms with Crippen LogP contribution in [0.5, 0.6) is 11.5 Å². The maximum Gasteiger partial charge on any atom is 0.115 e. The summed E-state index contributed by atoms with van der Waals surface area (Å²) in [5.41, 5.74) is 12.6. The first kappa shape index (κ1) is 32.2. The molecule has 0 unspecified atom stereocenters. The summed E-state index contributed by atoms with van der Waals surface area (Å²) < 4.78 is 2.37. The molecule has 0 aliphatic rings. The number of benzene rings is 7. The molecule has 0 fully saturated rings. The third-order valence-corrected chi connectivity index (χ3v) is 10.8. The number of hydrogen-bond acceptors (Lipinski definition) is 2. The van der Waals surface area contributed by atoms with E-state index in [4.69, 9.17) is 0 Å². The van der Waals surface area contributed by atoms with Crippen LogP contribution >= 0.6 is 0 Å². The Balaban J connectivity index is 1.19. The first-order valence-corrected chi connectivity index (χ1v) is 17.5. The Hall–Kier alpha value is -6.06. The van der Waals surface area contributed by atoms with Gasteiger partial charge in [-0.15, -0.1) is 0 Å². The average Bonchev–Trinajstić information content (AvgIpc) is 3.48. The maximum absolute atomic E-state index is 9.81. The second-order valence-electron chi connectivity index (χ2n) is 14.6. The highest BCUT2D eigenvalue weighted by Crippen LogP contribution is 2.39. The Bertz CT molecular complexity index is 2330. The summed E-state index contributed by atoms with van der Waals surface area (Å²) in [7, 11) is 0. The monoisotopic (exact) mass is 663 g/mol. The van der Waals surface area contributed by atoms with Crippen LogP contribution in [0.4, 0.5) is 0 Å². The minimum atomic E-state index is -0.199. The fraction of sp³-hybridized carbons (Fsp3) is 0.125. The van der Waals surface area contributed by atoms with E-state index in [1.165, 1.54) is 55.2 Å². The highest BCUT2D eigenvalue weighted by molar-refractivity contribution is 6.11. The lowest BCUT2D eigenvalue weighted by molar-refractivity contribution is 0.474. The maximum atomic E-state index is 9.81. The average molecular weight is 664 g/mol. The SMILES string of the molecule is CC(C)(c1ccc(O)cc1)c1ccc(-c2ccc3c(c2)c2cc(-c4ccc(C(C)(C)c5ccc(O)cc5)cc4)ccc2n3-c2ccccc2)cc1. The van der Waals surface area contributed by atoms with Gasteiger partial charge >= 0.3 is 0 Å². The molecule has 2 N–H and O–H groups in total. The van der Waals surface area contributed by atoms with Crippen molar-refractivity contribution < 1.29 is 10.2 Å². The Kier molecular flexibility index (Phi) is 7.80. The van der Waals surface area contributed by atoms with Crippen LogP contribution in [0.25, 0.3) is 49.7 Å². The van der Waals surface area contributed by atoms with Gasteiger partial charge in [-0.1, -0.05) is 131 Å². The lowest BCUT2D eigenvalue weighted by Gasteiger charge is -2.26. The van der Waals surface area contributed by atoms with Gasteiger partial charge in [0, 0.05) is 27.3 Å². The summed E-state index contributed by atoms with van der Waals surface area (Å²) in [5.74, 6) is 0.565. The van der Waals surface area contributed by atoms with Crippen molar-refractivity contribution in [1.29, 1.82) is 0 Å². The molecule has 8 aromatic rings. The predicted octanol–water partition coefficient (Wildman–Crippen LogP) is 12.2. The highest BCUT2D eigenvalue weighted by Gasteiger charge is 2.24. The molecular formula is C48H41NO2. The lowest BCUT2D eigenvalue weighted by Crippen LogP contribution is -2.18. The van der Waals surface area contributed by atoms with Gasteiger partial charge in [0.1, 0.15) is 11.5 Å². The van der Waals surface area contributed by atoms with Gasteiger partial charge in [-0.3, -0.25) is 0 Å². The number of hydrogen-bond donors (Lipinski definition) is 2. The number of nitrogens with zero attached hydrogens (tertiary/aromatic N) is 1. The first-order chi connectivity index (χ1) is 24.6. The van der Waals surface area contributed by atoms with Crippen LogP contribution in [0.2, 0.25) is 0 Å². The first-order valence-electron chi connectivity index (χ1n) is 17.5. The molecule has 0 spiro atoms. The molecule has 3 heteroatoms. The van der Waals surface area contributed by atoms with Crippen molar-refractivity contribution in [3.8, 4) is 39.4 Å². The molecule has 8 rings (SSSR count). The zero-order valence-corrected chi connectivity index (χ0v) is 29.4. The summed E-state index contributed by atoms with van der Waals surface area (Å²) in [6.07, 6.45) is 0. The number of fused-ring (bicyclic) bond motifs is 3. The molecule has 250 valence electrons. The van der Waals surface area contributed by atoms with Crippen LogP contribution < -0.4 is 0 Å². The second-order valence-corrected chi connectivity index (χ2v) is 14.6. The number of phenols is 2. The quantitative estimate of drug-likeness (QED) is 0.178. The topological polar surface area (TPSA) is 45.4 Å². The van der Waals surface area contributed by atoms with E-state index >= 15 is 0 Å². The number of phenolic OH excluding ortho intramolecular Hbond substituents is 2. The third kappa shape index (κ3) is 5.75. The molecule has 3 nitrogen and oxygen atoms in total. The van der Waals surface area contributed by atoms with Crippen LogP contribution in [0, 0.1) is 0 Å². The molecule has 1 heterocycles. The Morgan fingerprint density at radius 2 is 0.706 bits per heavy atom. The summed E-state index contributed by atoms with van der Waals surface area (Å²) >= 11 is 0. The zero-order chi connectivity index (χ0) is 35.3. The smallest absolute Gasteiger partial charge is 0.115 e. The predicted molar refractivity (Wildman–Crippen MR) is 212 cm³/mol. The Morgan fingerprint density at radius 3 is 1.08 bits per heavy atom. The largest absolute Gasteiger partial charge is 0.508 e. The molecule has 0 atom stereocenters. The van der Waals surface area contributed by atoms with Gasteiger partial charge in [0.25, 0.3) is 0 Å². The van der Waals surface area contributed by atoms with Crippen molar-refractivity contribution in [3.05, 3.63) is 186 Å². The van der Waals surface area contributed by atoms with E-state index in [9.17, 15) is 10.2 Å². The molecule has 0 aliphatic heterocycles. The Morgan fingerprint density at radius 1 is 0.373 bits per heavy atom. The molecule has 0 bridgehead atoms. The molecular weight excluding hydrogens is 623 g/mol. The van der Waals surface area contributed by atoms with Crippen LogP contribution in [-0.4, -0.2) is 14.8 Å². The van der Waals surface area contributed by atoms with E-state index in [2.05, 4.69) is 148 Å². The van der Waals surface area contributed by atoms with E-state index < -0.39 is 0 Å². The van der Waals surface area contributed by atoms with Crippen molar-refractivity contribution in [1.82, 2.24) is 4.57 Å². The Labute approximate surface area is 299 Å². The fourth-order valence-corrected chi connectivity index (χ4v) is 7.49.